The van der Waals surface area contributed by atoms with Crippen LogP contribution in [0.1, 0.15) is 52.7 Å². The van der Waals surface area contributed by atoms with Crippen molar-refractivity contribution in [3.05, 3.63) is 94.6 Å². The van der Waals surface area contributed by atoms with Crippen molar-refractivity contribution in [2.45, 2.75) is 50.4 Å². The van der Waals surface area contributed by atoms with Gasteiger partial charge in [-0.2, -0.15) is 28.6 Å². The van der Waals surface area contributed by atoms with Crippen molar-refractivity contribution in [1.82, 2.24) is 40.2 Å². The fraction of sp³-hybridized carbons (Fsp3) is 0.429. The van der Waals surface area contributed by atoms with E-state index in [0.717, 1.165) is 47.7 Å². The Balaban J connectivity index is 1.57. The van der Waals surface area contributed by atoms with Crippen LogP contribution in [0, 0.1) is 0 Å². The number of hydrogen-bond acceptors (Lipinski definition) is 7. The molecule has 1 N–H and O–H groups in total. The summed E-state index contributed by atoms with van der Waals surface area (Å²) in [6, 6.07) is 15.0. The highest BCUT2D eigenvalue weighted by molar-refractivity contribution is 5.30. The van der Waals surface area contributed by atoms with Crippen LogP contribution < -0.4 is 0 Å². The lowest BCUT2D eigenvalue weighted by Gasteiger charge is -2.49. The third-order valence-corrected chi connectivity index (χ3v) is 7.34. The van der Waals surface area contributed by atoms with Gasteiger partial charge < -0.3 is 9.64 Å². The Kier molecular flexibility index (Phi) is 8.02. The molecule has 40 heavy (non-hydrogen) atoms. The first-order valence-electron chi connectivity index (χ1n) is 13.1. The van der Waals surface area contributed by atoms with E-state index >= 15 is 0 Å². The summed E-state index contributed by atoms with van der Waals surface area (Å²) < 4.78 is 48.9. The van der Waals surface area contributed by atoms with E-state index in [2.05, 4.69) is 42.8 Å². The van der Waals surface area contributed by atoms with Crippen LogP contribution in [0.15, 0.2) is 60.8 Å². The molecule has 2 aromatic heterocycles. The van der Waals surface area contributed by atoms with Gasteiger partial charge in [0, 0.05) is 20.1 Å². The van der Waals surface area contributed by atoms with Gasteiger partial charge in [-0.05, 0) is 56.7 Å². The highest BCUT2D eigenvalue weighted by Gasteiger charge is 2.50. The Morgan fingerprint density at radius 2 is 1.85 bits per heavy atom. The number of hydrogen-bond donors (Lipinski definition) is 1. The summed E-state index contributed by atoms with van der Waals surface area (Å²) in [7, 11) is 5.77. The quantitative estimate of drug-likeness (QED) is 0.327. The van der Waals surface area contributed by atoms with E-state index < -0.39 is 17.3 Å². The lowest BCUT2D eigenvalue weighted by Crippen LogP contribution is -2.51. The first-order chi connectivity index (χ1) is 19.2. The molecule has 2 aromatic carbocycles. The molecule has 5 rings (SSSR count). The van der Waals surface area contributed by atoms with E-state index in [0.29, 0.717) is 25.1 Å². The van der Waals surface area contributed by atoms with Gasteiger partial charge in [0.1, 0.15) is 17.0 Å². The molecule has 0 amide bonds. The van der Waals surface area contributed by atoms with Crippen LogP contribution in [0.3, 0.4) is 0 Å². The molecule has 0 bridgehead atoms. The maximum Gasteiger partial charge on any atom is 0.416 e. The van der Waals surface area contributed by atoms with E-state index in [1.807, 2.05) is 44.2 Å². The fourth-order valence-corrected chi connectivity index (χ4v) is 5.63. The molecule has 2 unspecified atom stereocenters. The van der Waals surface area contributed by atoms with Gasteiger partial charge in [-0.1, -0.05) is 47.7 Å². The average molecular weight is 555 g/mol. The first kappa shape index (κ1) is 27.9. The zero-order valence-corrected chi connectivity index (χ0v) is 22.8. The number of H-pyrrole nitrogens is 1. The third-order valence-electron chi connectivity index (χ3n) is 7.34. The zero-order chi connectivity index (χ0) is 28.3. The molecule has 12 heteroatoms. The highest BCUT2D eigenvalue weighted by Crippen LogP contribution is 2.49. The Bertz CT molecular complexity index is 1400. The highest BCUT2D eigenvalue weighted by atomic mass is 19.4. The molecule has 9 nitrogen and oxygen atoms in total. The largest absolute Gasteiger partial charge is 0.416 e. The van der Waals surface area contributed by atoms with E-state index in [1.54, 1.807) is 16.9 Å². The Morgan fingerprint density at radius 1 is 1.07 bits per heavy atom. The lowest BCUT2D eigenvalue weighted by molar-refractivity contribution is -0.152. The maximum atomic E-state index is 13.5. The van der Waals surface area contributed by atoms with Crippen LogP contribution in [0.2, 0.25) is 0 Å². The van der Waals surface area contributed by atoms with Crippen LogP contribution in [-0.4, -0.2) is 60.8 Å². The Hall–Kier alpha value is -3.61. The summed E-state index contributed by atoms with van der Waals surface area (Å²) in [6.45, 7) is 1.91. The summed E-state index contributed by atoms with van der Waals surface area (Å²) in [6.07, 6.45) is -1.32. The zero-order valence-electron chi connectivity index (χ0n) is 22.8. The van der Waals surface area contributed by atoms with Crippen LogP contribution in [0.5, 0.6) is 0 Å². The average Bonchev–Trinajstić information content (AvgIpc) is 3.56. The first-order valence-corrected chi connectivity index (χ1v) is 13.1. The number of ether oxygens (including phenoxy) is 1. The van der Waals surface area contributed by atoms with E-state index in [-0.39, 0.29) is 12.6 Å². The van der Waals surface area contributed by atoms with Crippen LogP contribution in [0.25, 0.3) is 0 Å². The monoisotopic (exact) mass is 554 g/mol. The molecule has 0 saturated carbocycles. The second kappa shape index (κ2) is 11.5. The van der Waals surface area contributed by atoms with E-state index in [1.165, 1.54) is 6.07 Å². The summed E-state index contributed by atoms with van der Waals surface area (Å²) >= 11 is 0. The van der Waals surface area contributed by atoms with Crippen molar-refractivity contribution in [2.24, 2.45) is 7.05 Å². The van der Waals surface area contributed by atoms with Crippen molar-refractivity contribution in [3.8, 4) is 0 Å². The number of halogens is 3. The molecule has 0 spiro atoms. The number of piperidine rings is 1. The molecule has 3 heterocycles. The normalized spacial score (nSPS) is 20.3. The third kappa shape index (κ3) is 5.79. The minimum Gasteiger partial charge on any atom is -0.362 e. The van der Waals surface area contributed by atoms with Crippen molar-refractivity contribution in [3.63, 3.8) is 0 Å². The second-order valence-electron chi connectivity index (χ2n) is 10.5. The van der Waals surface area contributed by atoms with E-state index in [4.69, 9.17) is 4.74 Å². The van der Waals surface area contributed by atoms with Gasteiger partial charge >= 0.3 is 6.18 Å². The molecule has 1 aliphatic heterocycles. The predicted octanol–water partition coefficient (Wildman–Crippen LogP) is 4.46. The standard InChI is InChI=1S/C28H33F3N8O/c1-37(2)17-23-24(34-35-33-23)18-39-14-8-13-27(25-16-32-36-38(25)3,26(39)21-10-5-4-6-11-21)40-19-20-9-7-12-22(15-20)28(29,30)31/h4-7,9-12,15-16,26H,8,13-14,17-19H2,1-3H3,(H,33,34,35). The number of nitrogens with one attached hydrogen (secondary N) is 1. The molecular formula is C28H33F3N8O. The number of rotatable bonds is 9. The van der Waals surface area contributed by atoms with Gasteiger partial charge in [0.2, 0.25) is 0 Å². The summed E-state index contributed by atoms with van der Waals surface area (Å²) in [5.41, 5.74) is 2.27. The summed E-state index contributed by atoms with van der Waals surface area (Å²) in [5.74, 6) is 0. The van der Waals surface area contributed by atoms with Crippen molar-refractivity contribution < 1.29 is 17.9 Å². The van der Waals surface area contributed by atoms with Gasteiger partial charge in [0.25, 0.3) is 0 Å². The predicted molar refractivity (Wildman–Crippen MR) is 142 cm³/mol. The number of aryl methyl sites for hydroxylation is 1. The number of aromatic amines is 1. The molecule has 1 fully saturated rings. The summed E-state index contributed by atoms with van der Waals surface area (Å²) in [4.78, 5) is 4.35. The molecule has 0 radical (unpaired) electrons. The Morgan fingerprint density at radius 3 is 2.55 bits per heavy atom. The fourth-order valence-electron chi connectivity index (χ4n) is 5.63. The SMILES string of the molecule is CN(C)Cc1n[nH]nc1CN1CCCC(OCc2cccc(C(F)(F)F)c2)(c2cnnn2C)C1c1ccccc1. The van der Waals surface area contributed by atoms with Gasteiger partial charge in [-0.15, -0.1) is 5.10 Å². The molecule has 1 saturated heterocycles. The molecular weight excluding hydrogens is 521 g/mol. The van der Waals surface area contributed by atoms with Crippen LogP contribution >= 0.6 is 0 Å². The smallest absolute Gasteiger partial charge is 0.362 e. The molecule has 0 aliphatic carbocycles. The van der Waals surface area contributed by atoms with Crippen LogP contribution in [0.4, 0.5) is 13.2 Å². The van der Waals surface area contributed by atoms with Crippen molar-refractivity contribution in [1.29, 1.82) is 0 Å². The van der Waals surface area contributed by atoms with Gasteiger partial charge in [0.15, 0.2) is 0 Å². The van der Waals surface area contributed by atoms with Crippen LogP contribution in [-0.2, 0) is 43.3 Å². The minimum atomic E-state index is -4.43. The van der Waals surface area contributed by atoms with Gasteiger partial charge in [-0.3, -0.25) is 4.90 Å². The number of nitrogens with zero attached hydrogens (tertiary/aromatic N) is 7. The molecule has 2 atom stereocenters. The number of benzene rings is 2. The van der Waals surface area contributed by atoms with E-state index in [9.17, 15) is 13.2 Å². The number of aromatic nitrogens is 6. The molecule has 1 aliphatic rings. The summed E-state index contributed by atoms with van der Waals surface area (Å²) in [5, 5.41) is 20.0. The van der Waals surface area contributed by atoms with Crippen molar-refractivity contribution >= 4 is 0 Å². The van der Waals surface area contributed by atoms with Gasteiger partial charge in [0.05, 0.1) is 30.1 Å². The lowest BCUT2D eigenvalue weighted by atomic mass is 9.77. The minimum absolute atomic E-state index is 0.0118. The molecule has 4 aromatic rings. The second-order valence-corrected chi connectivity index (χ2v) is 10.5. The topological polar surface area (TPSA) is 88.0 Å². The van der Waals surface area contributed by atoms with Crippen molar-refractivity contribution in [2.75, 3.05) is 20.6 Å². The maximum absolute atomic E-state index is 13.5. The number of likely N-dealkylation sites (tertiary alicyclic amines) is 1. The molecule has 212 valence electrons. The van der Waals surface area contributed by atoms with Gasteiger partial charge in [-0.25, -0.2) is 4.68 Å². The Labute approximate surface area is 230 Å². The number of alkyl halides is 3.